The van der Waals surface area contributed by atoms with Gasteiger partial charge in [-0.3, -0.25) is 0 Å². The summed E-state index contributed by atoms with van der Waals surface area (Å²) in [5.74, 6) is 0. The quantitative estimate of drug-likeness (QED) is 0.458. The van der Waals surface area contributed by atoms with E-state index in [1.807, 2.05) is 5.32 Å². The van der Waals surface area contributed by atoms with Crippen LogP contribution >= 0.6 is 0 Å². The molecular weight excluding hydrogens is 108 g/mol. The molecule has 44 valence electrons. The molecule has 8 heavy (non-hydrogen) atoms. The third-order valence-corrected chi connectivity index (χ3v) is 0.506. The molecule has 1 N–H and O–H groups in total. The average Bonchev–Trinajstić information content (AvgIpc) is 1.66. The van der Waals surface area contributed by atoms with Gasteiger partial charge in [0.1, 0.15) is 6.09 Å². The first-order chi connectivity index (χ1) is 3.77. The first kappa shape index (κ1) is 6.76. The number of nitriles is 1. The Hall–Kier alpha value is -1.24. The Labute approximate surface area is 46.7 Å². The number of rotatable bonds is 2. The molecule has 0 saturated carbocycles. The van der Waals surface area contributed by atoms with Crippen LogP contribution in [0.1, 0.15) is 6.42 Å². The van der Waals surface area contributed by atoms with Crippen molar-refractivity contribution in [1.29, 1.82) is 5.26 Å². The van der Waals surface area contributed by atoms with E-state index in [0.717, 1.165) is 0 Å². The summed E-state index contributed by atoms with van der Waals surface area (Å²) in [4.78, 5) is 9.54. The maximum atomic E-state index is 9.54. The minimum absolute atomic E-state index is 0.152. The highest BCUT2D eigenvalue weighted by Crippen LogP contribution is 1.66. The van der Waals surface area contributed by atoms with Gasteiger partial charge in [0.2, 0.25) is 0 Å². The molecule has 0 aromatic carbocycles. The molecule has 0 heterocycles. The second kappa shape index (κ2) is 3.93. The fourth-order valence-electron chi connectivity index (χ4n) is 0.220. The van der Waals surface area contributed by atoms with Gasteiger partial charge in [0, 0.05) is 6.54 Å². The van der Waals surface area contributed by atoms with Crippen molar-refractivity contribution < 1.29 is 9.90 Å². The van der Waals surface area contributed by atoms with Gasteiger partial charge < -0.3 is 15.2 Å². The molecule has 0 fully saturated rings. The van der Waals surface area contributed by atoms with Gasteiger partial charge in [-0.05, 0) is 0 Å². The lowest BCUT2D eigenvalue weighted by Gasteiger charge is -2.00. The Balaban J connectivity index is 2.97. The first-order valence-electron chi connectivity index (χ1n) is 2.09. The summed E-state index contributed by atoms with van der Waals surface area (Å²) in [6.07, 6.45) is -1.14. The van der Waals surface area contributed by atoms with E-state index in [-0.39, 0.29) is 13.0 Å². The lowest BCUT2D eigenvalue weighted by atomic mass is 10.5. The summed E-state index contributed by atoms with van der Waals surface area (Å²) in [5.41, 5.74) is 0. The van der Waals surface area contributed by atoms with E-state index in [0.29, 0.717) is 0 Å². The molecular formula is C4H5N2O2-. The van der Waals surface area contributed by atoms with Crippen molar-refractivity contribution in [1.82, 2.24) is 5.32 Å². The molecule has 0 aromatic rings. The smallest absolute Gasteiger partial charge is 0.134 e. The predicted molar refractivity (Wildman–Crippen MR) is 23.6 cm³/mol. The number of hydrogen-bond acceptors (Lipinski definition) is 3. The number of nitrogens with zero attached hydrogens (tertiary/aromatic N) is 1. The Kier molecular flexibility index (Phi) is 3.32. The first-order valence-corrected chi connectivity index (χ1v) is 2.09. The molecule has 4 heteroatoms. The Morgan fingerprint density at radius 1 is 1.88 bits per heavy atom. The van der Waals surface area contributed by atoms with Gasteiger partial charge in [-0.1, -0.05) is 0 Å². The van der Waals surface area contributed by atoms with Crippen LogP contribution in [0.25, 0.3) is 0 Å². The number of carboxylic acid groups (broad SMARTS) is 1. The number of hydrogen-bond donors (Lipinski definition) is 1. The maximum absolute atomic E-state index is 9.54. The summed E-state index contributed by atoms with van der Waals surface area (Å²) >= 11 is 0. The van der Waals surface area contributed by atoms with E-state index in [9.17, 15) is 9.90 Å². The molecule has 0 spiro atoms. The maximum Gasteiger partial charge on any atom is 0.134 e. The van der Waals surface area contributed by atoms with Crippen molar-refractivity contribution >= 4 is 6.09 Å². The van der Waals surface area contributed by atoms with Crippen LogP contribution in [0.2, 0.25) is 0 Å². The molecule has 0 aliphatic heterocycles. The van der Waals surface area contributed by atoms with Crippen molar-refractivity contribution in [2.75, 3.05) is 6.54 Å². The number of carbonyl (C=O) groups excluding carboxylic acids is 1. The van der Waals surface area contributed by atoms with Crippen molar-refractivity contribution in [3.05, 3.63) is 0 Å². The average molecular weight is 113 g/mol. The highest BCUT2D eigenvalue weighted by molar-refractivity contribution is 5.61. The molecule has 0 saturated heterocycles. The van der Waals surface area contributed by atoms with Gasteiger partial charge in [0.15, 0.2) is 0 Å². The monoisotopic (exact) mass is 113 g/mol. The molecule has 0 atom stereocenters. The summed E-state index contributed by atoms with van der Waals surface area (Å²) in [7, 11) is 0. The topological polar surface area (TPSA) is 76.0 Å². The Morgan fingerprint density at radius 2 is 2.50 bits per heavy atom. The van der Waals surface area contributed by atoms with Crippen molar-refractivity contribution in [3.63, 3.8) is 0 Å². The zero-order valence-electron chi connectivity index (χ0n) is 4.18. The van der Waals surface area contributed by atoms with E-state index in [4.69, 9.17) is 5.26 Å². The van der Waals surface area contributed by atoms with Gasteiger partial charge in [0.05, 0.1) is 12.5 Å². The zero-order valence-corrected chi connectivity index (χ0v) is 4.18. The summed E-state index contributed by atoms with van der Waals surface area (Å²) in [5, 5.41) is 19.3. The lowest BCUT2D eigenvalue weighted by molar-refractivity contribution is -0.250. The minimum Gasteiger partial charge on any atom is -0.530 e. The standard InChI is InChI=1S/C4H6N2O2/c5-2-1-3-6-4(7)8/h6H,1,3H2,(H,7,8)/p-1. The van der Waals surface area contributed by atoms with Crippen molar-refractivity contribution in [2.45, 2.75) is 6.42 Å². The van der Waals surface area contributed by atoms with Crippen LogP contribution in [0, 0.1) is 11.3 Å². The summed E-state index contributed by atoms with van der Waals surface area (Å²) in [6.45, 7) is 0.152. The molecule has 0 radical (unpaired) electrons. The Bertz CT molecular complexity index is 116. The van der Waals surface area contributed by atoms with E-state index >= 15 is 0 Å². The van der Waals surface area contributed by atoms with Crippen LogP contribution in [-0.4, -0.2) is 12.6 Å². The van der Waals surface area contributed by atoms with E-state index < -0.39 is 6.09 Å². The molecule has 0 aromatic heterocycles. The van der Waals surface area contributed by atoms with Crippen LogP contribution in [0.4, 0.5) is 4.79 Å². The van der Waals surface area contributed by atoms with Gasteiger partial charge in [0.25, 0.3) is 0 Å². The molecule has 0 aliphatic rings. The summed E-state index contributed by atoms with van der Waals surface area (Å²) in [6, 6.07) is 1.77. The van der Waals surface area contributed by atoms with E-state index in [1.54, 1.807) is 6.07 Å². The van der Waals surface area contributed by atoms with Crippen LogP contribution < -0.4 is 10.4 Å². The molecule has 4 nitrogen and oxygen atoms in total. The van der Waals surface area contributed by atoms with E-state index in [2.05, 4.69) is 0 Å². The summed E-state index contributed by atoms with van der Waals surface area (Å²) < 4.78 is 0. The van der Waals surface area contributed by atoms with Gasteiger partial charge in [-0.2, -0.15) is 5.26 Å². The molecule has 0 unspecified atom stereocenters. The van der Waals surface area contributed by atoms with Crippen LogP contribution in [-0.2, 0) is 0 Å². The fraction of sp³-hybridized carbons (Fsp3) is 0.500. The fourth-order valence-corrected chi connectivity index (χ4v) is 0.220. The van der Waals surface area contributed by atoms with Crippen LogP contribution in [0.3, 0.4) is 0 Å². The third kappa shape index (κ3) is 4.76. The molecule has 0 rings (SSSR count). The number of nitrogens with one attached hydrogen (secondary N) is 1. The normalized spacial score (nSPS) is 7.38. The van der Waals surface area contributed by atoms with Crippen molar-refractivity contribution in [3.8, 4) is 6.07 Å². The Morgan fingerprint density at radius 3 is 2.88 bits per heavy atom. The highest BCUT2D eigenvalue weighted by atomic mass is 16.4. The number of amides is 1. The second-order valence-corrected chi connectivity index (χ2v) is 1.12. The third-order valence-electron chi connectivity index (χ3n) is 0.506. The van der Waals surface area contributed by atoms with E-state index in [1.165, 1.54) is 0 Å². The zero-order chi connectivity index (χ0) is 6.41. The second-order valence-electron chi connectivity index (χ2n) is 1.12. The van der Waals surface area contributed by atoms with Gasteiger partial charge in [-0.25, -0.2) is 0 Å². The van der Waals surface area contributed by atoms with Gasteiger partial charge >= 0.3 is 0 Å². The predicted octanol–water partition coefficient (Wildman–Crippen LogP) is -1.17. The minimum atomic E-state index is -1.33. The largest absolute Gasteiger partial charge is 0.530 e. The van der Waals surface area contributed by atoms with Gasteiger partial charge in [-0.15, -0.1) is 0 Å². The molecule has 1 amide bonds. The van der Waals surface area contributed by atoms with Crippen molar-refractivity contribution in [2.24, 2.45) is 0 Å². The SMILES string of the molecule is N#CCCNC(=O)[O-]. The van der Waals surface area contributed by atoms with Crippen LogP contribution in [0.5, 0.6) is 0 Å². The van der Waals surface area contributed by atoms with Crippen LogP contribution in [0.15, 0.2) is 0 Å². The molecule has 0 aliphatic carbocycles. The number of carbonyl (C=O) groups is 1. The highest BCUT2D eigenvalue weighted by Gasteiger charge is 1.80. The molecule has 0 bridgehead atoms. The lowest BCUT2D eigenvalue weighted by Crippen LogP contribution is -2.36.